The Balaban J connectivity index is 2.21. The molecule has 1 heterocycles. The highest BCUT2D eigenvalue weighted by molar-refractivity contribution is 9.10. The van der Waals surface area contributed by atoms with E-state index >= 15 is 0 Å². The standard InChI is InChI=1S/C16H19BrN2O/c1-11-8-9-12(17)10-13(11)20-15-7-5-6-14(18-15)19-16(2,3)4/h5-10H,1-4H3,(H,18,19). The Morgan fingerprint density at radius 3 is 2.60 bits per heavy atom. The van der Waals surface area contributed by atoms with Gasteiger partial charge in [-0.05, 0) is 51.5 Å². The quantitative estimate of drug-likeness (QED) is 0.842. The summed E-state index contributed by atoms with van der Waals surface area (Å²) in [5.74, 6) is 2.20. The molecule has 0 fully saturated rings. The molecular weight excluding hydrogens is 316 g/mol. The van der Waals surface area contributed by atoms with E-state index in [1.165, 1.54) is 0 Å². The van der Waals surface area contributed by atoms with Crippen molar-refractivity contribution in [3.8, 4) is 11.6 Å². The first-order valence-electron chi connectivity index (χ1n) is 6.53. The minimum Gasteiger partial charge on any atom is -0.439 e. The first-order valence-corrected chi connectivity index (χ1v) is 7.32. The summed E-state index contributed by atoms with van der Waals surface area (Å²) < 4.78 is 6.85. The molecule has 2 aromatic rings. The normalized spacial score (nSPS) is 11.2. The molecule has 106 valence electrons. The average molecular weight is 335 g/mol. The van der Waals surface area contributed by atoms with Crippen molar-refractivity contribution in [1.82, 2.24) is 4.98 Å². The molecule has 0 saturated heterocycles. The zero-order valence-corrected chi connectivity index (χ0v) is 13.8. The summed E-state index contributed by atoms with van der Waals surface area (Å²) in [5.41, 5.74) is 1.04. The monoisotopic (exact) mass is 334 g/mol. The van der Waals surface area contributed by atoms with Gasteiger partial charge < -0.3 is 10.1 Å². The van der Waals surface area contributed by atoms with Gasteiger partial charge in [-0.2, -0.15) is 4.98 Å². The first-order chi connectivity index (χ1) is 9.33. The highest BCUT2D eigenvalue weighted by Gasteiger charge is 2.11. The van der Waals surface area contributed by atoms with Crippen molar-refractivity contribution in [2.24, 2.45) is 0 Å². The summed E-state index contributed by atoms with van der Waals surface area (Å²) >= 11 is 3.45. The first kappa shape index (κ1) is 14.9. The second-order valence-electron chi connectivity index (χ2n) is 5.75. The van der Waals surface area contributed by atoms with Gasteiger partial charge in [-0.3, -0.25) is 0 Å². The third-order valence-electron chi connectivity index (χ3n) is 2.59. The Hall–Kier alpha value is -1.55. The number of hydrogen-bond acceptors (Lipinski definition) is 3. The Morgan fingerprint density at radius 2 is 1.90 bits per heavy atom. The summed E-state index contributed by atoms with van der Waals surface area (Å²) in [5, 5.41) is 3.33. The van der Waals surface area contributed by atoms with Gasteiger partial charge in [-0.1, -0.05) is 28.1 Å². The number of ether oxygens (including phenoxy) is 1. The van der Waals surface area contributed by atoms with Gasteiger partial charge >= 0.3 is 0 Å². The molecule has 4 heteroatoms. The number of nitrogens with zero attached hydrogens (tertiary/aromatic N) is 1. The van der Waals surface area contributed by atoms with Crippen molar-refractivity contribution in [3.63, 3.8) is 0 Å². The van der Waals surface area contributed by atoms with E-state index in [2.05, 4.69) is 47.0 Å². The van der Waals surface area contributed by atoms with Gasteiger partial charge in [0, 0.05) is 16.1 Å². The number of aromatic nitrogens is 1. The van der Waals surface area contributed by atoms with Crippen molar-refractivity contribution < 1.29 is 4.74 Å². The van der Waals surface area contributed by atoms with E-state index in [9.17, 15) is 0 Å². The van der Waals surface area contributed by atoms with Gasteiger partial charge in [0.15, 0.2) is 0 Å². The van der Waals surface area contributed by atoms with Crippen molar-refractivity contribution in [2.75, 3.05) is 5.32 Å². The molecule has 0 bridgehead atoms. The lowest BCUT2D eigenvalue weighted by Gasteiger charge is -2.21. The molecule has 3 nitrogen and oxygen atoms in total. The number of halogens is 1. The zero-order valence-electron chi connectivity index (χ0n) is 12.2. The molecular formula is C16H19BrN2O. The summed E-state index contributed by atoms with van der Waals surface area (Å²) in [6.07, 6.45) is 0. The SMILES string of the molecule is Cc1ccc(Br)cc1Oc1cccc(NC(C)(C)C)n1. The third kappa shape index (κ3) is 4.23. The number of pyridine rings is 1. The lowest BCUT2D eigenvalue weighted by Crippen LogP contribution is -2.26. The lowest BCUT2D eigenvalue weighted by molar-refractivity contribution is 0.459. The van der Waals surface area contributed by atoms with Crippen molar-refractivity contribution in [3.05, 3.63) is 46.4 Å². The topological polar surface area (TPSA) is 34.1 Å². The van der Waals surface area contributed by atoms with Crippen molar-refractivity contribution in [1.29, 1.82) is 0 Å². The molecule has 0 saturated carbocycles. The smallest absolute Gasteiger partial charge is 0.221 e. The van der Waals surface area contributed by atoms with E-state index in [-0.39, 0.29) is 5.54 Å². The van der Waals surface area contributed by atoms with Gasteiger partial charge in [0.05, 0.1) is 0 Å². The fourth-order valence-corrected chi connectivity index (χ4v) is 2.06. The Morgan fingerprint density at radius 1 is 1.15 bits per heavy atom. The van der Waals surface area contributed by atoms with E-state index in [0.717, 1.165) is 21.6 Å². The molecule has 0 unspecified atom stereocenters. The average Bonchev–Trinajstić information content (AvgIpc) is 2.32. The van der Waals surface area contributed by atoms with Crippen LogP contribution in [0, 0.1) is 6.92 Å². The van der Waals surface area contributed by atoms with E-state index in [1.54, 1.807) is 0 Å². The summed E-state index contributed by atoms with van der Waals surface area (Å²) in [6.45, 7) is 8.31. The van der Waals surface area contributed by atoms with Crippen LogP contribution in [0.5, 0.6) is 11.6 Å². The van der Waals surface area contributed by atoms with Crippen LogP contribution >= 0.6 is 15.9 Å². The van der Waals surface area contributed by atoms with Crippen LogP contribution in [0.4, 0.5) is 5.82 Å². The Kier molecular flexibility index (Phi) is 4.33. The maximum atomic E-state index is 5.86. The van der Waals surface area contributed by atoms with Crippen LogP contribution in [0.1, 0.15) is 26.3 Å². The van der Waals surface area contributed by atoms with Crippen LogP contribution in [0.2, 0.25) is 0 Å². The largest absolute Gasteiger partial charge is 0.439 e. The molecule has 0 aliphatic carbocycles. The summed E-state index contributed by atoms with van der Waals surface area (Å²) in [6, 6.07) is 11.7. The van der Waals surface area contributed by atoms with Gasteiger partial charge in [-0.25, -0.2) is 0 Å². The second kappa shape index (κ2) is 5.83. The van der Waals surface area contributed by atoms with Crippen LogP contribution in [0.25, 0.3) is 0 Å². The van der Waals surface area contributed by atoms with Crippen LogP contribution in [0.15, 0.2) is 40.9 Å². The molecule has 0 spiro atoms. The predicted molar refractivity (Wildman–Crippen MR) is 86.6 cm³/mol. The van der Waals surface area contributed by atoms with E-state index < -0.39 is 0 Å². The van der Waals surface area contributed by atoms with E-state index in [4.69, 9.17) is 4.74 Å². The Labute approximate surface area is 128 Å². The minimum absolute atomic E-state index is 0.0304. The van der Waals surface area contributed by atoms with Crippen LogP contribution in [-0.2, 0) is 0 Å². The summed E-state index contributed by atoms with van der Waals surface area (Å²) in [7, 11) is 0. The van der Waals surface area contributed by atoms with Crippen LogP contribution in [-0.4, -0.2) is 10.5 Å². The number of aryl methyl sites for hydroxylation is 1. The zero-order chi connectivity index (χ0) is 14.8. The number of benzene rings is 1. The molecule has 1 aromatic carbocycles. The van der Waals surface area contributed by atoms with E-state index in [0.29, 0.717) is 5.88 Å². The van der Waals surface area contributed by atoms with Gasteiger partial charge in [0.25, 0.3) is 0 Å². The van der Waals surface area contributed by atoms with Crippen LogP contribution in [0.3, 0.4) is 0 Å². The van der Waals surface area contributed by atoms with E-state index in [1.807, 2.05) is 43.3 Å². The number of rotatable bonds is 3. The molecule has 0 radical (unpaired) electrons. The van der Waals surface area contributed by atoms with Crippen LogP contribution < -0.4 is 10.1 Å². The maximum Gasteiger partial charge on any atom is 0.221 e. The highest BCUT2D eigenvalue weighted by Crippen LogP contribution is 2.28. The molecule has 1 aromatic heterocycles. The molecule has 0 amide bonds. The fourth-order valence-electron chi connectivity index (χ4n) is 1.72. The molecule has 2 rings (SSSR count). The van der Waals surface area contributed by atoms with Gasteiger partial charge in [0.2, 0.25) is 5.88 Å². The van der Waals surface area contributed by atoms with Gasteiger partial charge in [0.1, 0.15) is 11.6 Å². The number of hydrogen-bond donors (Lipinski definition) is 1. The third-order valence-corrected chi connectivity index (χ3v) is 3.08. The maximum absolute atomic E-state index is 5.86. The highest BCUT2D eigenvalue weighted by atomic mass is 79.9. The Bertz CT molecular complexity index is 606. The fraction of sp³-hybridized carbons (Fsp3) is 0.312. The molecule has 0 atom stereocenters. The molecule has 20 heavy (non-hydrogen) atoms. The lowest BCUT2D eigenvalue weighted by atomic mass is 10.1. The number of anilines is 1. The van der Waals surface area contributed by atoms with Crippen molar-refractivity contribution in [2.45, 2.75) is 33.2 Å². The number of nitrogens with one attached hydrogen (secondary N) is 1. The molecule has 0 aliphatic heterocycles. The molecule has 1 N–H and O–H groups in total. The second-order valence-corrected chi connectivity index (χ2v) is 6.66. The van der Waals surface area contributed by atoms with Gasteiger partial charge in [-0.15, -0.1) is 0 Å². The predicted octanol–water partition coefficient (Wildman–Crippen LogP) is 5.16. The molecule has 0 aliphatic rings. The minimum atomic E-state index is -0.0304. The summed E-state index contributed by atoms with van der Waals surface area (Å²) in [4.78, 5) is 4.48. The van der Waals surface area contributed by atoms with Crippen molar-refractivity contribution >= 4 is 21.7 Å².